The number of cyclic esters (lactones) is 1. The lowest BCUT2D eigenvalue weighted by atomic mass is 10.0. The first-order valence-electron chi connectivity index (χ1n) is 7.54. The zero-order chi connectivity index (χ0) is 16.9. The number of carbonyl (C=O) groups is 2. The summed E-state index contributed by atoms with van der Waals surface area (Å²) in [6, 6.07) is 16.3. The molecule has 1 atom stereocenters. The van der Waals surface area contributed by atoms with Gasteiger partial charge in [0.15, 0.2) is 0 Å². The molecule has 1 saturated heterocycles. The van der Waals surface area contributed by atoms with E-state index in [-0.39, 0.29) is 6.61 Å². The maximum Gasteiger partial charge on any atom is 0.347 e. The number of carbonyl (C=O) groups excluding carboxylic acids is 2. The van der Waals surface area contributed by atoms with Crippen LogP contribution in [0.25, 0.3) is 11.6 Å². The topological polar surface area (TPSA) is 52.6 Å². The fourth-order valence-corrected chi connectivity index (χ4v) is 2.51. The van der Waals surface area contributed by atoms with Crippen molar-refractivity contribution in [3.8, 4) is 0 Å². The second kappa shape index (κ2) is 7.32. The summed E-state index contributed by atoms with van der Waals surface area (Å²) in [6.07, 6.45) is 1.26. The van der Waals surface area contributed by atoms with Gasteiger partial charge in [-0.2, -0.15) is 0 Å². The smallest absolute Gasteiger partial charge is 0.347 e. The van der Waals surface area contributed by atoms with Crippen LogP contribution in [0.15, 0.2) is 54.6 Å². The Kier molecular flexibility index (Phi) is 4.96. The van der Waals surface area contributed by atoms with E-state index in [1.165, 1.54) is 0 Å². The molecule has 2 aromatic carbocycles. The number of hydrogen-bond acceptors (Lipinski definition) is 4. The van der Waals surface area contributed by atoms with Gasteiger partial charge in [0.2, 0.25) is 6.10 Å². The summed E-state index contributed by atoms with van der Waals surface area (Å²) in [5.41, 5.74) is 1.88. The molecule has 3 rings (SSSR count). The Balaban J connectivity index is 1.92. The van der Waals surface area contributed by atoms with E-state index in [1.54, 1.807) is 30.3 Å². The van der Waals surface area contributed by atoms with Crippen LogP contribution in [0.3, 0.4) is 0 Å². The highest BCUT2D eigenvalue weighted by molar-refractivity contribution is 6.30. The number of halogens is 1. The third-order valence-corrected chi connectivity index (χ3v) is 3.87. The van der Waals surface area contributed by atoms with Crippen molar-refractivity contribution in [2.24, 2.45) is 0 Å². The molecule has 1 heterocycles. The molecule has 1 aliphatic rings. The summed E-state index contributed by atoms with van der Waals surface area (Å²) >= 11 is 5.92. The zero-order valence-electron chi connectivity index (χ0n) is 12.8. The Morgan fingerprint density at radius 1 is 1.12 bits per heavy atom. The quantitative estimate of drug-likeness (QED) is 0.482. The first kappa shape index (κ1) is 16.3. The molecule has 0 saturated carbocycles. The maximum absolute atomic E-state index is 12.6. The summed E-state index contributed by atoms with van der Waals surface area (Å²) < 4.78 is 10.2. The highest BCUT2D eigenvalue weighted by Gasteiger charge is 2.31. The Morgan fingerprint density at radius 3 is 2.46 bits per heavy atom. The monoisotopic (exact) mass is 342 g/mol. The predicted molar refractivity (Wildman–Crippen MR) is 91.2 cm³/mol. The van der Waals surface area contributed by atoms with Crippen LogP contribution in [0.1, 0.15) is 17.5 Å². The van der Waals surface area contributed by atoms with E-state index in [9.17, 15) is 9.59 Å². The van der Waals surface area contributed by atoms with Gasteiger partial charge in [-0.25, -0.2) is 9.59 Å². The Bertz CT molecular complexity index is 766. The molecule has 5 heteroatoms. The molecule has 122 valence electrons. The van der Waals surface area contributed by atoms with E-state index in [0.717, 1.165) is 5.56 Å². The highest BCUT2D eigenvalue weighted by atomic mass is 35.5. The fourth-order valence-electron chi connectivity index (χ4n) is 2.38. The molecule has 4 nitrogen and oxygen atoms in total. The summed E-state index contributed by atoms with van der Waals surface area (Å²) in [6.45, 7) is 0.273. The summed E-state index contributed by atoms with van der Waals surface area (Å²) in [7, 11) is 0. The van der Waals surface area contributed by atoms with Crippen LogP contribution in [-0.4, -0.2) is 24.6 Å². The summed E-state index contributed by atoms with van der Waals surface area (Å²) in [4.78, 5) is 24.1. The second-order valence-corrected chi connectivity index (χ2v) is 5.76. The van der Waals surface area contributed by atoms with Crippen molar-refractivity contribution in [2.75, 3.05) is 6.61 Å². The number of esters is 2. The average Bonchev–Trinajstić information content (AvgIpc) is 2.99. The van der Waals surface area contributed by atoms with Crippen LogP contribution in [0.5, 0.6) is 0 Å². The third kappa shape index (κ3) is 3.84. The minimum Gasteiger partial charge on any atom is -0.463 e. The standard InChI is InChI=1S/C19H15ClO4/c20-15-8-6-14(7-9-15)16(12-13-4-2-1-3-5-13)18(21)24-17-10-11-23-19(17)22/h1-9,12,17H,10-11H2/b16-12+/t17-/m1/s1. The summed E-state index contributed by atoms with van der Waals surface area (Å²) in [5, 5.41) is 0.575. The van der Waals surface area contributed by atoms with E-state index in [0.29, 0.717) is 22.6 Å². The van der Waals surface area contributed by atoms with Gasteiger partial charge in [-0.15, -0.1) is 0 Å². The van der Waals surface area contributed by atoms with Crippen LogP contribution >= 0.6 is 11.6 Å². The lowest BCUT2D eigenvalue weighted by molar-refractivity contribution is -0.156. The number of ether oxygens (including phenoxy) is 2. The van der Waals surface area contributed by atoms with Gasteiger partial charge in [-0.05, 0) is 29.3 Å². The molecule has 0 aromatic heterocycles. The van der Waals surface area contributed by atoms with Crippen molar-refractivity contribution in [1.29, 1.82) is 0 Å². The Morgan fingerprint density at radius 2 is 1.83 bits per heavy atom. The lowest BCUT2D eigenvalue weighted by Crippen LogP contribution is -2.23. The zero-order valence-corrected chi connectivity index (χ0v) is 13.5. The minimum atomic E-state index is -0.844. The average molecular weight is 343 g/mol. The van der Waals surface area contributed by atoms with Crippen LogP contribution < -0.4 is 0 Å². The van der Waals surface area contributed by atoms with Crippen LogP contribution in [0, 0.1) is 0 Å². The second-order valence-electron chi connectivity index (χ2n) is 5.33. The number of hydrogen-bond donors (Lipinski definition) is 0. The van der Waals surface area contributed by atoms with Crippen molar-refractivity contribution in [2.45, 2.75) is 12.5 Å². The van der Waals surface area contributed by atoms with E-state index >= 15 is 0 Å². The first-order chi connectivity index (χ1) is 11.6. The highest BCUT2D eigenvalue weighted by Crippen LogP contribution is 2.23. The molecular weight excluding hydrogens is 328 g/mol. The summed E-state index contributed by atoms with van der Waals surface area (Å²) in [5.74, 6) is -1.07. The molecule has 2 aromatic rings. The largest absolute Gasteiger partial charge is 0.463 e. The molecule has 0 unspecified atom stereocenters. The van der Waals surface area contributed by atoms with Gasteiger partial charge in [-0.1, -0.05) is 54.1 Å². The van der Waals surface area contributed by atoms with E-state index in [1.807, 2.05) is 30.3 Å². The Labute approximate surface area is 144 Å². The van der Waals surface area contributed by atoms with E-state index in [4.69, 9.17) is 21.1 Å². The van der Waals surface area contributed by atoms with Gasteiger partial charge in [0.1, 0.15) is 0 Å². The van der Waals surface area contributed by atoms with Crippen molar-refractivity contribution >= 4 is 35.2 Å². The van der Waals surface area contributed by atoms with Gasteiger partial charge in [0.05, 0.1) is 12.2 Å². The molecule has 24 heavy (non-hydrogen) atoms. The van der Waals surface area contributed by atoms with Gasteiger partial charge >= 0.3 is 11.9 Å². The third-order valence-electron chi connectivity index (χ3n) is 3.62. The van der Waals surface area contributed by atoms with Crippen molar-refractivity contribution < 1.29 is 19.1 Å². The van der Waals surface area contributed by atoms with Crippen LogP contribution in [0.4, 0.5) is 0 Å². The van der Waals surface area contributed by atoms with Crippen LogP contribution in [-0.2, 0) is 19.1 Å². The van der Waals surface area contributed by atoms with E-state index in [2.05, 4.69) is 0 Å². The minimum absolute atomic E-state index is 0.273. The molecule has 0 N–H and O–H groups in total. The molecular formula is C19H15ClO4. The number of rotatable bonds is 4. The lowest BCUT2D eigenvalue weighted by Gasteiger charge is -2.12. The SMILES string of the molecule is O=C(O[C@@H]1CCOC1=O)/C(=C/c1ccccc1)c1ccc(Cl)cc1. The van der Waals surface area contributed by atoms with Gasteiger partial charge in [0, 0.05) is 11.4 Å². The van der Waals surface area contributed by atoms with Crippen molar-refractivity contribution in [3.05, 3.63) is 70.7 Å². The molecule has 0 radical (unpaired) electrons. The maximum atomic E-state index is 12.6. The van der Waals surface area contributed by atoms with Gasteiger partial charge in [-0.3, -0.25) is 0 Å². The normalized spacial score (nSPS) is 17.5. The van der Waals surface area contributed by atoms with E-state index < -0.39 is 18.0 Å². The molecule has 1 fully saturated rings. The molecule has 0 spiro atoms. The predicted octanol–water partition coefficient (Wildman–Crippen LogP) is 3.74. The fraction of sp³-hybridized carbons (Fsp3) is 0.158. The molecule has 0 bridgehead atoms. The van der Waals surface area contributed by atoms with Crippen molar-refractivity contribution in [3.63, 3.8) is 0 Å². The van der Waals surface area contributed by atoms with Gasteiger partial charge < -0.3 is 9.47 Å². The molecule has 0 amide bonds. The molecule has 0 aliphatic carbocycles. The Hall–Kier alpha value is -2.59. The van der Waals surface area contributed by atoms with Crippen molar-refractivity contribution in [1.82, 2.24) is 0 Å². The number of benzene rings is 2. The first-order valence-corrected chi connectivity index (χ1v) is 7.91. The van der Waals surface area contributed by atoms with Crippen LogP contribution in [0.2, 0.25) is 5.02 Å². The molecule has 1 aliphatic heterocycles. The van der Waals surface area contributed by atoms with Gasteiger partial charge in [0.25, 0.3) is 0 Å².